The monoisotopic (exact) mass is 230 g/mol. The molecule has 17 heavy (non-hydrogen) atoms. The molecule has 0 aromatic heterocycles. The molecule has 1 aromatic rings. The molecule has 1 aliphatic carbocycles. The van der Waals surface area contributed by atoms with E-state index in [-0.39, 0.29) is 0 Å². The number of nitriles is 1. The fourth-order valence-electron chi connectivity index (χ4n) is 2.04. The molecule has 1 fully saturated rings. The summed E-state index contributed by atoms with van der Waals surface area (Å²) in [6.07, 6.45) is 2.44. The second kappa shape index (κ2) is 4.46. The molecular formula is C13H14N2O2. The molecule has 0 saturated heterocycles. The van der Waals surface area contributed by atoms with Crippen molar-refractivity contribution in [2.45, 2.75) is 19.3 Å². The van der Waals surface area contributed by atoms with Crippen LogP contribution in [0.4, 0.5) is 5.69 Å². The highest BCUT2D eigenvalue weighted by Gasteiger charge is 2.44. The first-order chi connectivity index (χ1) is 8.16. The van der Waals surface area contributed by atoms with Crippen LogP contribution in [-0.2, 0) is 4.79 Å². The molecule has 1 aromatic carbocycles. The van der Waals surface area contributed by atoms with Crippen LogP contribution >= 0.6 is 0 Å². The second-order valence-electron chi connectivity index (χ2n) is 4.49. The van der Waals surface area contributed by atoms with Crippen molar-refractivity contribution < 1.29 is 9.90 Å². The van der Waals surface area contributed by atoms with Gasteiger partial charge in [0.05, 0.1) is 17.0 Å². The van der Waals surface area contributed by atoms with Crippen molar-refractivity contribution in [3.8, 4) is 6.07 Å². The third kappa shape index (κ3) is 2.23. The lowest BCUT2D eigenvalue weighted by molar-refractivity contribution is -0.153. The first-order valence-corrected chi connectivity index (χ1v) is 5.64. The van der Waals surface area contributed by atoms with Gasteiger partial charge in [-0.1, -0.05) is 12.5 Å². The van der Waals surface area contributed by atoms with E-state index in [4.69, 9.17) is 5.26 Å². The third-order valence-electron chi connectivity index (χ3n) is 3.39. The number of hydrogen-bond acceptors (Lipinski definition) is 3. The Morgan fingerprint density at radius 2 is 2.29 bits per heavy atom. The predicted molar refractivity (Wildman–Crippen MR) is 63.6 cm³/mol. The van der Waals surface area contributed by atoms with E-state index in [0.29, 0.717) is 12.1 Å². The highest BCUT2D eigenvalue weighted by atomic mass is 16.4. The molecule has 0 radical (unpaired) electrons. The van der Waals surface area contributed by atoms with Crippen molar-refractivity contribution in [1.82, 2.24) is 0 Å². The molecule has 4 nitrogen and oxygen atoms in total. The predicted octanol–water partition coefficient (Wildman–Crippen LogP) is 2.23. The summed E-state index contributed by atoms with van der Waals surface area (Å²) in [4.78, 5) is 11.2. The summed E-state index contributed by atoms with van der Waals surface area (Å²) in [5, 5.41) is 21.0. The number of rotatable bonds is 4. The number of carbonyl (C=O) groups is 1. The van der Waals surface area contributed by atoms with Gasteiger partial charge in [0.2, 0.25) is 0 Å². The van der Waals surface area contributed by atoms with Gasteiger partial charge in [0.1, 0.15) is 0 Å². The molecule has 0 spiro atoms. The average molecular weight is 230 g/mol. The lowest BCUT2D eigenvalue weighted by Gasteiger charge is -2.37. The topological polar surface area (TPSA) is 73.1 Å². The Hall–Kier alpha value is -2.02. The van der Waals surface area contributed by atoms with E-state index in [2.05, 4.69) is 11.4 Å². The van der Waals surface area contributed by atoms with Crippen LogP contribution in [0.5, 0.6) is 0 Å². The van der Waals surface area contributed by atoms with Crippen molar-refractivity contribution in [3.05, 3.63) is 29.8 Å². The second-order valence-corrected chi connectivity index (χ2v) is 4.49. The Morgan fingerprint density at radius 3 is 2.82 bits per heavy atom. The standard InChI is InChI=1S/C13H14N2O2/c14-8-10-3-1-4-11(7-10)15-9-13(12(16)17)5-2-6-13/h1,3-4,7,15H,2,5-6,9H2,(H,16,17). The van der Waals surface area contributed by atoms with E-state index in [1.165, 1.54) is 0 Å². The number of carboxylic acids is 1. The number of hydrogen-bond donors (Lipinski definition) is 2. The molecular weight excluding hydrogens is 216 g/mol. The van der Waals surface area contributed by atoms with Gasteiger partial charge in [-0.25, -0.2) is 0 Å². The quantitative estimate of drug-likeness (QED) is 0.831. The summed E-state index contributed by atoms with van der Waals surface area (Å²) in [6.45, 7) is 0.428. The number of aliphatic carboxylic acids is 1. The molecule has 2 N–H and O–H groups in total. The van der Waals surface area contributed by atoms with Gasteiger partial charge in [0.25, 0.3) is 0 Å². The van der Waals surface area contributed by atoms with Crippen molar-refractivity contribution in [2.75, 3.05) is 11.9 Å². The summed E-state index contributed by atoms with van der Waals surface area (Å²) in [5.74, 6) is -0.729. The third-order valence-corrected chi connectivity index (χ3v) is 3.39. The van der Waals surface area contributed by atoms with E-state index in [1.54, 1.807) is 18.2 Å². The normalized spacial score (nSPS) is 16.6. The minimum Gasteiger partial charge on any atom is -0.481 e. The summed E-state index contributed by atoms with van der Waals surface area (Å²) in [7, 11) is 0. The number of anilines is 1. The minimum absolute atomic E-state index is 0.428. The van der Waals surface area contributed by atoms with Crippen LogP contribution in [0.1, 0.15) is 24.8 Å². The van der Waals surface area contributed by atoms with E-state index < -0.39 is 11.4 Å². The SMILES string of the molecule is N#Cc1cccc(NCC2(C(=O)O)CCC2)c1. The lowest BCUT2D eigenvalue weighted by atomic mass is 9.69. The fraction of sp³-hybridized carbons (Fsp3) is 0.385. The number of benzene rings is 1. The van der Waals surface area contributed by atoms with Crippen molar-refractivity contribution >= 4 is 11.7 Å². The molecule has 0 amide bonds. The lowest BCUT2D eigenvalue weighted by Crippen LogP contribution is -2.43. The Bertz CT molecular complexity index is 473. The van der Waals surface area contributed by atoms with Gasteiger partial charge in [-0.15, -0.1) is 0 Å². The first-order valence-electron chi connectivity index (χ1n) is 5.64. The summed E-state index contributed by atoms with van der Waals surface area (Å²) < 4.78 is 0. The van der Waals surface area contributed by atoms with Crippen LogP contribution < -0.4 is 5.32 Å². The van der Waals surface area contributed by atoms with Crippen molar-refractivity contribution in [3.63, 3.8) is 0 Å². The maximum absolute atomic E-state index is 11.2. The van der Waals surface area contributed by atoms with Gasteiger partial charge in [-0.05, 0) is 31.0 Å². The molecule has 88 valence electrons. The fourth-order valence-corrected chi connectivity index (χ4v) is 2.04. The highest BCUT2D eigenvalue weighted by molar-refractivity contribution is 5.76. The van der Waals surface area contributed by atoms with E-state index in [1.807, 2.05) is 6.07 Å². The van der Waals surface area contributed by atoms with E-state index in [9.17, 15) is 9.90 Å². The zero-order valence-electron chi connectivity index (χ0n) is 9.44. The number of nitrogens with zero attached hydrogens (tertiary/aromatic N) is 1. The van der Waals surface area contributed by atoms with Gasteiger partial charge < -0.3 is 10.4 Å². The van der Waals surface area contributed by atoms with E-state index >= 15 is 0 Å². The van der Waals surface area contributed by atoms with E-state index in [0.717, 1.165) is 24.9 Å². The summed E-state index contributed by atoms with van der Waals surface area (Å²) in [5.41, 5.74) is 0.771. The Labute approximate surface area is 99.9 Å². The summed E-state index contributed by atoms with van der Waals surface area (Å²) >= 11 is 0. The minimum atomic E-state index is -0.729. The zero-order chi connectivity index (χ0) is 12.3. The molecule has 4 heteroatoms. The molecule has 0 aliphatic heterocycles. The molecule has 0 atom stereocenters. The van der Waals surface area contributed by atoms with Crippen LogP contribution in [0.2, 0.25) is 0 Å². The maximum atomic E-state index is 11.2. The average Bonchev–Trinajstić information content (AvgIpc) is 2.27. The molecule has 2 rings (SSSR count). The van der Waals surface area contributed by atoms with Gasteiger partial charge in [0.15, 0.2) is 0 Å². The van der Waals surface area contributed by atoms with Gasteiger partial charge in [-0.3, -0.25) is 4.79 Å². The highest BCUT2D eigenvalue weighted by Crippen LogP contribution is 2.41. The van der Waals surface area contributed by atoms with Crippen LogP contribution in [0, 0.1) is 16.7 Å². The summed E-state index contributed by atoms with van der Waals surface area (Å²) in [6, 6.07) is 9.14. The first kappa shape index (κ1) is 11.5. The largest absolute Gasteiger partial charge is 0.481 e. The number of carboxylic acid groups (broad SMARTS) is 1. The molecule has 1 saturated carbocycles. The maximum Gasteiger partial charge on any atom is 0.311 e. The Morgan fingerprint density at radius 1 is 1.53 bits per heavy atom. The van der Waals surface area contributed by atoms with Gasteiger partial charge in [-0.2, -0.15) is 5.26 Å². The smallest absolute Gasteiger partial charge is 0.311 e. The number of nitrogens with one attached hydrogen (secondary N) is 1. The molecule has 0 bridgehead atoms. The van der Waals surface area contributed by atoms with Crippen LogP contribution in [0.25, 0.3) is 0 Å². The Kier molecular flexibility index (Phi) is 3.01. The molecule has 0 unspecified atom stereocenters. The van der Waals surface area contributed by atoms with Gasteiger partial charge in [0, 0.05) is 12.2 Å². The van der Waals surface area contributed by atoms with Crippen LogP contribution in [0.15, 0.2) is 24.3 Å². The van der Waals surface area contributed by atoms with Crippen molar-refractivity contribution in [1.29, 1.82) is 5.26 Å². The van der Waals surface area contributed by atoms with Crippen molar-refractivity contribution in [2.24, 2.45) is 5.41 Å². The zero-order valence-corrected chi connectivity index (χ0v) is 9.44. The van der Waals surface area contributed by atoms with Crippen LogP contribution in [-0.4, -0.2) is 17.6 Å². The molecule has 0 heterocycles. The van der Waals surface area contributed by atoms with Crippen LogP contribution in [0.3, 0.4) is 0 Å². The Balaban J connectivity index is 2.02. The van der Waals surface area contributed by atoms with Gasteiger partial charge >= 0.3 is 5.97 Å². The molecule has 1 aliphatic rings.